The predicted octanol–water partition coefficient (Wildman–Crippen LogP) is 4.49. The first-order valence-corrected chi connectivity index (χ1v) is 9.10. The molecule has 0 radical (unpaired) electrons. The lowest BCUT2D eigenvalue weighted by Crippen LogP contribution is -2.21. The molecule has 1 unspecified atom stereocenters. The first-order valence-electron chi connectivity index (χ1n) is 9.10. The van der Waals surface area contributed by atoms with Crippen LogP contribution in [-0.2, 0) is 17.6 Å². The second-order valence-electron chi connectivity index (χ2n) is 6.62. The fourth-order valence-electron chi connectivity index (χ4n) is 3.81. The van der Waals surface area contributed by atoms with Crippen LogP contribution in [-0.4, -0.2) is 12.6 Å². The number of carbonyl (C=O) groups is 1. The summed E-state index contributed by atoms with van der Waals surface area (Å²) in [7, 11) is 0. The van der Waals surface area contributed by atoms with E-state index in [1.807, 2.05) is 6.92 Å². The molecule has 4 nitrogen and oxygen atoms in total. The molecule has 2 N–H and O–H groups in total. The average molecular weight is 328 g/mol. The zero-order valence-electron chi connectivity index (χ0n) is 15.1. The Labute approximate surface area is 145 Å². The molecule has 0 aromatic heterocycles. The molecule has 0 heterocycles. The van der Waals surface area contributed by atoms with Gasteiger partial charge in [0.25, 0.3) is 0 Å². The van der Waals surface area contributed by atoms with Crippen LogP contribution < -0.4 is 5.73 Å². The molecule has 1 aromatic rings. The van der Waals surface area contributed by atoms with Crippen LogP contribution in [0.4, 0.5) is 5.69 Å². The number of benzene rings is 1. The molecule has 0 saturated heterocycles. The van der Waals surface area contributed by atoms with Gasteiger partial charge in [0.05, 0.1) is 23.4 Å². The lowest BCUT2D eigenvalue weighted by Gasteiger charge is -2.28. The van der Waals surface area contributed by atoms with Crippen LogP contribution in [0.2, 0.25) is 0 Å². The normalized spacial score (nSPS) is 16.3. The molecule has 0 aliphatic heterocycles. The van der Waals surface area contributed by atoms with E-state index >= 15 is 0 Å². The summed E-state index contributed by atoms with van der Waals surface area (Å²) in [6.07, 6.45) is 6.75. The van der Waals surface area contributed by atoms with E-state index in [2.05, 4.69) is 19.9 Å². The van der Waals surface area contributed by atoms with Crippen molar-refractivity contribution in [2.75, 3.05) is 12.3 Å². The quantitative estimate of drug-likeness (QED) is 0.474. The van der Waals surface area contributed by atoms with Gasteiger partial charge in [-0.25, -0.2) is 4.79 Å². The number of unbranched alkanes of at least 4 members (excludes halogenated alkanes) is 2. The van der Waals surface area contributed by atoms with Crippen LogP contribution in [0.1, 0.15) is 91.4 Å². The maximum atomic E-state index is 12.7. The topological polar surface area (TPSA) is 76.1 Å². The highest BCUT2D eigenvalue weighted by Crippen LogP contribution is 2.41. The molecule has 0 saturated carbocycles. The molecule has 1 aliphatic carbocycles. The molecule has 0 fully saturated rings. The lowest BCUT2D eigenvalue weighted by atomic mass is 9.76. The maximum absolute atomic E-state index is 12.7. The van der Waals surface area contributed by atoms with E-state index in [9.17, 15) is 10.1 Å². The van der Waals surface area contributed by atoms with Gasteiger partial charge in [-0.15, -0.1) is 0 Å². The number of fused-ring (bicyclic) bond motifs is 1. The summed E-state index contributed by atoms with van der Waals surface area (Å²) in [5, 5.41) is 9.67. The fraction of sp³-hybridized carbons (Fsp3) is 0.600. The molecule has 1 atom stereocenters. The van der Waals surface area contributed by atoms with Gasteiger partial charge in [0.2, 0.25) is 0 Å². The molecule has 24 heavy (non-hydrogen) atoms. The Kier molecular flexibility index (Phi) is 6.25. The number of ether oxygens (including phenoxy) is 1. The third-order valence-corrected chi connectivity index (χ3v) is 4.97. The number of rotatable bonds is 6. The van der Waals surface area contributed by atoms with Crippen LogP contribution in [0.15, 0.2) is 0 Å². The number of carbonyl (C=O) groups excluding carboxylic acids is 1. The minimum absolute atomic E-state index is 0.253. The van der Waals surface area contributed by atoms with E-state index < -0.39 is 0 Å². The van der Waals surface area contributed by atoms with Crippen molar-refractivity contribution in [2.24, 2.45) is 0 Å². The number of nitrogens with zero attached hydrogens (tertiary/aromatic N) is 1. The Morgan fingerprint density at radius 3 is 2.75 bits per heavy atom. The van der Waals surface area contributed by atoms with Gasteiger partial charge in [0.1, 0.15) is 6.07 Å². The number of nitriles is 1. The minimum Gasteiger partial charge on any atom is -0.462 e. The summed E-state index contributed by atoms with van der Waals surface area (Å²) in [4.78, 5) is 12.7. The Morgan fingerprint density at radius 1 is 1.38 bits per heavy atom. The van der Waals surface area contributed by atoms with Crippen molar-refractivity contribution < 1.29 is 9.53 Å². The number of nitrogens with two attached hydrogens (primary N) is 1. The van der Waals surface area contributed by atoms with E-state index in [1.54, 1.807) is 0 Å². The maximum Gasteiger partial charge on any atom is 0.338 e. The summed E-state index contributed by atoms with van der Waals surface area (Å²) in [6.45, 7) is 6.42. The van der Waals surface area contributed by atoms with Gasteiger partial charge in [-0.05, 0) is 61.6 Å². The summed E-state index contributed by atoms with van der Waals surface area (Å²) in [5.41, 5.74) is 10.9. The Bertz CT molecular complexity index is 659. The van der Waals surface area contributed by atoms with Crippen molar-refractivity contribution in [1.29, 1.82) is 5.26 Å². The summed E-state index contributed by atoms with van der Waals surface area (Å²) >= 11 is 0. The van der Waals surface area contributed by atoms with E-state index in [0.717, 1.165) is 61.6 Å². The Hall–Kier alpha value is -2.02. The van der Waals surface area contributed by atoms with E-state index in [0.29, 0.717) is 23.4 Å². The monoisotopic (exact) mass is 328 g/mol. The Morgan fingerprint density at radius 2 is 2.12 bits per heavy atom. The van der Waals surface area contributed by atoms with Crippen molar-refractivity contribution in [3.05, 3.63) is 27.8 Å². The van der Waals surface area contributed by atoms with Crippen LogP contribution in [0.3, 0.4) is 0 Å². The van der Waals surface area contributed by atoms with Crippen LogP contribution in [0.25, 0.3) is 0 Å². The predicted molar refractivity (Wildman–Crippen MR) is 96.1 cm³/mol. The van der Waals surface area contributed by atoms with Gasteiger partial charge < -0.3 is 10.5 Å². The third kappa shape index (κ3) is 3.40. The largest absolute Gasteiger partial charge is 0.462 e. The summed E-state index contributed by atoms with van der Waals surface area (Å²) in [5.74, 6) is -0.0332. The van der Waals surface area contributed by atoms with Gasteiger partial charge in [-0.2, -0.15) is 5.26 Å². The van der Waals surface area contributed by atoms with Gasteiger partial charge in [-0.3, -0.25) is 0 Å². The Balaban J connectivity index is 2.67. The molecule has 4 heteroatoms. The molecule has 0 amide bonds. The smallest absolute Gasteiger partial charge is 0.338 e. The summed E-state index contributed by atoms with van der Waals surface area (Å²) in [6, 6.07) is 2.31. The SMILES string of the molecule is CCCCCc1c(N)c(C#N)c2c(c1C(=O)OCC)CCCC2C. The third-order valence-electron chi connectivity index (χ3n) is 4.97. The highest BCUT2D eigenvalue weighted by atomic mass is 16.5. The van der Waals surface area contributed by atoms with Gasteiger partial charge in [-0.1, -0.05) is 26.7 Å². The molecule has 1 aliphatic rings. The van der Waals surface area contributed by atoms with Crippen LogP contribution >= 0.6 is 0 Å². The number of esters is 1. The molecular formula is C20H28N2O2. The number of hydrogen-bond donors (Lipinski definition) is 1. The van der Waals surface area contributed by atoms with E-state index in [4.69, 9.17) is 10.5 Å². The molecule has 130 valence electrons. The van der Waals surface area contributed by atoms with E-state index in [1.165, 1.54) is 0 Å². The fourth-order valence-corrected chi connectivity index (χ4v) is 3.81. The van der Waals surface area contributed by atoms with Crippen molar-refractivity contribution in [2.45, 2.75) is 71.6 Å². The average Bonchev–Trinajstić information content (AvgIpc) is 2.56. The molecular weight excluding hydrogens is 300 g/mol. The van der Waals surface area contributed by atoms with Crippen molar-refractivity contribution >= 4 is 11.7 Å². The standard InChI is InChI=1S/C20H28N2O2/c1-4-6-7-10-15-18(20(23)24-5-2)14-11-8-9-13(3)17(14)16(12-21)19(15)22/h13H,4-11,22H2,1-3H3. The first kappa shape index (κ1) is 18.3. The van der Waals surface area contributed by atoms with Gasteiger partial charge in [0.15, 0.2) is 0 Å². The first-order chi connectivity index (χ1) is 11.6. The second kappa shape index (κ2) is 8.19. The highest BCUT2D eigenvalue weighted by molar-refractivity contribution is 5.96. The zero-order valence-corrected chi connectivity index (χ0v) is 15.1. The number of anilines is 1. The number of hydrogen-bond acceptors (Lipinski definition) is 4. The van der Waals surface area contributed by atoms with Crippen LogP contribution in [0, 0.1) is 11.3 Å². The molecule has 2 rings (SSSR count). The van der Waals surface area contributed by atoms with Crippen molar-refractivity contribution in [1.82, 2.24) is 0 Å². The van der Waals surface area contributed by atoms with Crippen LogP contribution in [0.5, 0.6) is 0 Å². The molecule has 0 bridgehead atoms. The van der Waals surface area contributed by atoms with Crippen molar-refractivity contribution in [3.8, 4) is 6.07 Å². The van der Waals surface area contributed by atoms with Gasteiger partial charge >= 0.3 is 5.97 Å². The second-order valence-corrected chi connectivity index (χ2v) is 6.62. The molecule has 1 aromatic carbocycles. The lowest BCUT2D eigenvalue weighted by molar-refractivity contribution is 0.0523. The van der Waals surface area contributed by atoms with Gasteiger partial charge in [0, 0.05) is 0 Å². The van der Waals surface area contributed by atoms with Crippen molar-refractivity contribution in [3.63, 3.8) is 0 Å². The van der Waals surface area contributed by atoms with E-state index in [-0.39, 0.29) is 11.9 Å². The summed E-state index contributed by atoms with van der Waals surface area (Å²) < 4.78 is 5.33. The molecule has 0 spiro atoms. The minimum atomic E-state index is -0.287. The highest BCUT2D eigenvalue weighted by Gasteiger charge is 2.31. The number of nitrogen functional groups attached to an aromatic ring is 1. The zero-order chi connectivity index (χ0) is 17.7.